The van der Waals surface area contributed by atoms with Crippen molar-refractivity contribution in [3.8, 4) is 5.82 Å². The Balaban J connectivity index is 1.47. The van der Waals surface area contributed by atoms with Crippen LogP contribution in [-0.2, 0) is 13.0 Å². The van der Waals surface area contributed by atoms with E-state index in [9.17, 15) is 4.79 Å². The number of carbonyl (C=O) groups is 1. The molecule has 0 saturated carbocycles. The molecule has 0 unspecified atom stereocenters. The molecular formula is C20H25N9O2. The van der Waals surface area contributed by atoms with Crippen molar-refractivity contribution in [3.05, 3.63) is 47.3 Å². The van der Waals surface area contributed by atoms with Crippen LogP contribution in [0.4, 0.5) is 5.82 Å². The number of hydrogen-bond donors (Lipinski definition) is 2. The van der Waals surface area contributed by atoms with Crippen molar-refractivity contribution >= 4 is 17.9 Å². The number of hydrazone groups is 1. The summed E-state index contributed by atoms with van der Waals surface area (Å²) in [6.07, 6.45) is 6.68. The summed E-state index contributed by atoms with van der Waals surface area (Å²) in [7, 11) is 0. The van der Waals surface area contributed by atoms with Gasteiger partial charge in [0.1, 0.15) is 5.69 Å². The van der Waals surface area contributed by atoms with Crippen LogP contribution in [0.5, 0.6) is 0 Å². The van der Waals surface area contributed by atoms with E-state index in [1.807, 2.05) is 18.2 Å². The molecule has 0 atom stereocenters. The highest BCUT2D eigenvalue weighted by atomic mass is 16.6. The Labute approximate surface area is 179 Å². The highest BCUT2D eigenvalue weighted by molar-refractivity contribution is 5.94. The molecule has 4 rings (SSSR count). The van der Waals surface area contributed by atoms with E-state index in [2.05, 4.69) is 52.8 Å². The Morgan fingerprint density at radius 2 is 2.00 bits per heavy atom. The Kier molecular flexibility index (Phi) is 6.62. The van der Waals surface area contributed by atoms with Crippen molar-refractivity contribution in [2.75, 3.05) is 18.8 Å². The zero-order valence-electron chi connectivity index (χ0n) is 17.1. The van der Waals surface area contributed by atoms with Gasteiger partial charge in [0.25, 0.3) is 5.91 Å². The number of amides is 1. The van der Waals surface area contributed by atoms with Gasteiger partial charge in [0.2, 0.25) is 11.6 Å². The molecule has 1 aliphatic heterocycles. The predicted molar refractivity (Wildman–Crippen MR) is 113 cm³/mol. The van der Waals surface area contributed by atoms with Crippen molar-refractivity contribution in [2.45, 2.75) is 38.6 Å². The molecule has 0 spiro atoms. The molecule has 1 saturated heterocycles. The van der Waals surface area contributed by atoms with Gasteiger partial charge in [-0.25, -0.2) is 10.1 Å². The van der Waals surface area contributed by atoms with Crippen LogP contribution in [0.25, 0.3) is 5.82 Å². The molecule has 0 aliphatic carbocycles. The second-order valence-electron chi connectivity index (χ2n) is 7.38. The van der Waals surface area contributed by atoms with E-state index in [0.717, 1.165) is 32.4 Å². The number of likely N-dealkylation sites (tertiary alicyclic amines) is 1. The highest BCUT2D eigenvalue weighted by Crippen LogP contribution is 2.19. The van der Waals surface area contributed by atoms with Gasteiger partial charge in [0.15, 0.2) is 5.69 Å². The molecule has 0 bridgehead atoms. The molecule has 0 radical (unpaired) electrons. The molecule has 1 fully saturated rings. The quantitative estimate of drug-likeness (QED) is 0.411. The fraction of sp³-hybridized carbons (Fsp3) is 0.400. The van der Waals surface area contributed by atoms with Gasteiger partial charge in [-0.1, -0.05) is 42.0 Å². The molecule has 1 amide bonds. The molecular weight excluding hydrogens is 398 g/mol. The van der Waals surface area contributed by atoms with E-state index >= 15 is 0 Å². The zero-order valence-corrected chi connectivity index (χ0v) is 17.1. The topological polar surface area (TPSA) is 140 Å². The largest absolute Gasteiger partial charge is 0.378 e. The molecule has 3 aromatic rings. The number of nitrogens with one attached hydrogen (secondary N) is 1. The van der Waals surface area contributed by atoms with Crippen LogP contribution in [0.1, 0.15) is 47.4 Å². The Hall–Kier alpha value is -3.60. The van der Waals surface area contributed by atoms with E-state index < -0.39 is 5.91 Å². The van der Waals surface area contributed by atoms with Gasteiger partial charge in [0, 0.05) is 12.8 Å². The number of nitrogens with zero attached hydrogens (tertiary/aromatic N) is 7. The van der Waals surface area contributed by atoms with Crippen molar-refractivity contribution < 1.29 is 9.42 Å². The van der Waals surface area contributed by atoms with Crippen LogP contribution in [0.2, 0.25) is 0 Å². The average Bonchev–Trinajstić information content (AvgIpc) is 3.40. The predicted octanol–water partition coefficient (Wildman–Crippen LogP) is 1.57. The second kappa shape index (κ2) is 9.94. The van der Waals surface area contributed by atoms with Crippen LogP contribution < -0.4 is 11.2 Å². The zero-order chi connectivity index (χ0) is 21.5. The Morgan fingerprint density at radius 1 is 1.19 bits per heavy atom. The molecule has 1 aliphatic rings. The summed E-state index contributed by atoms with van der Waals surface area (Å²) in [6.45, 7) is 2.42. The summed E-state index contributed by atoms with van der Waals surface area (Å²) in [4.78, 5) is 15.2. The lowest BCUT2D eigenvalue weighted by Crippen LogP contribution is -2.31. The third-order valence-electron chi connectivity index (χ3n) is 5.14. The summed E-state index contributed by atoms with van der Waals surface area (Å²) < 4.78 is 5.91. The van der Waals surface area contributed by atoms with E-state index in [1.54, 1.807) is 6.21 Å². The monoisotopic (exact) mass is 423 g/mol. The van der Waals surface area contributed by atoms with Gasteiger partial charge in [-0.15, -0.1) is 5.10 Å². The maximum atomic E-state index is 13.0. The lowest BCUT2D eigenvalue weighted by atomic mass is 10.1. The third-order valence-corrected chi connectivity index (χ3v) is 5.14. The van der Waals surface area contributed by atoms with Gasteiger partial charge < -0.3 is 5.73 Å². The van der Waals surface area contributed by atoms with Gasteiger partial charge in [0.05, 0.1) is 0 Å². The van der Waals surface area contributed by atoms with Crippen LogP contribution in [0.3, 0.4) is 0 Å². The van der Waals surface area contributed by atoms with Crippen molar-refractivity contribution in [3.63, 3.8) is 0 Å². The van der Waals surface area contributed by atoms with Gasteiger partial charge in [-0.05, 0) is 54.6 Å². The van der Waals surface area contributed by atoms with Crippen LogP contribution in [0, 0.1) is 0 Å². The fourth-order valence-corrected chi connectivity index (χ4v) is 3.56. The van der Waals surface area contributed by atoms with Crippen molar-refractivity contribution in [1.29, 1.82) is 0 Å². The Bertz CT molecular complexity index is 1020. The molecule has 3 N–H and O–H groups in total. The van der Waals surface area contributed by atoms with E-state index in [4.69, 9.17) is 5.73 Å². The molecule has 162 valence electrons. The van der Waals surface area contributed by atoms with E-state index in [-0.39, 0.29) is 17.3 Å². The summed E-state index contributed by atoms with van der Waals surface area (Å²) in [6, 6.07) is 10.1. The molecule has 31 heavy (non-hydrogen) atoms. The van der Waals surface area contributed by atoms with Gasteiger partial charge in [-0.2, -0.15) is 9.78 Å². The Morgan fingerprint density at radius 3 is 2.74 bits per heavy atom. The molecule has 11 nitrogen and oxygen atoms in total. The standard InChI is InChI=1S/C20H25N9O2/c21-18-19(26-31-25-18)29-17(16(23-27-29)14-28-12-5-2-6-13-28)20(30)24-22-11-7-10-15-8-3-1-4-9-15/h1,3-4,8-9,11H,2,5-7,10,12-14H2,(H2,21,25)(H,24,30)/b22-11-. The number of aryl methyl sites for hydroxylation is 1. The van der Waals surface area contributed by atoms with E-state index in [1.165, 1.54) is 16.7 Å². The number of rotatable bonds is 8. The molecule has 3 heterocycles. The average molecular weight is 423 g/mol. The maximum Gasteiger partial charge on any atom is 0.292 e. The molecule has 11 heteroatoms. The van der Waals surface area contributed by atoms with Crippen LogP contribution >= 0.6 is 0 Å². The number of benzene rings is 1. The highest BCUT2D eigenvalue weighted by Gasteiger charge is 2.26. The lowest BCUT2D eigenvalue weighted by molar-refractivity contribution is 0.0944. The maximum absolute atomic E-state index is 13.0. The summed E-state index contributed by atoms with van der Waals surface area (Å²) in [5.41, 5.74) is 10.3. The number of anilines is 1. The first kappa shape index (κ1) is 20.7. The number of piperidine rings is 1. The molecule has 2 aromatic heterocycles. The van der Waals surface area contributed by atoms with Crippen molar-refractivity contribution in [1.82, 2.24) is 35.6 Å². The summed E-state index contributed by atoms with van der Waals surface area (Å²) in [5.74, 6) is -0.305. The minimum atomic E-state index is -0.449. The van der Waals surface area contributed by atoms with E-state index in [0.29, 0.717) is 18.7 Å². The van der Waals surface area contributed by atoms with Crippen LogP contribution in [-0.4, -0.2) is 55.4 Å². The number of nitrogens with two attached hydrogens (primary N) is 1. The number of aromatic nitrogens is 5. The van der Waals surface area contributed by atoms with Crippen molar-refractivity contribution in [2.24, 2.45) is 5.10 Å². The summed E-state index contributed by atoms with van der Waals surface area (Å²) in [5, 5.41) is 19.7. The first-order chi connectivity index (χ1) is 15.2. The second-order valence-corrected chi connectivity index (χ2v) is 7.38. The molecule has 1 aromatic carbocycles. The first-order valence-electron chi connectivity index (χ1n) is 10.3. The van der Waals surface area contributed by atoms with Crippen LogP contribution in [0.15, 0.2) is 40.1 Å². The van der Waals surface area contributed by atoms with Gasteiger partial charge in [-0.3, -0.25) is 9.69 Å². The fourth-order valence-electron chi connectivity index (χ4n) is 3.56. The number of nitrogen functional groups attached to an aromatic ring is 1. The van der Waals surface area contributed by atoms with Gasteiger partial charge >= 0.3 is 0 Å². The SMILES string of the molecule is Nc1nonc1-n1nnc(CN2CCCCC2)c1C(=O)N/N=C\CCc1ccccc1. The minimum Gasteiger partial charge on any atom is -0.378 e. The minimum absolute atomic E-state index is 0.0230. The number of carbonyl (C=O) groups excluding carboxylic acids is 1. The smallest absolute Gasteiger partial charge is 0.292 e. The third kappa shape index (κ3) is 5.12. The normalized spacial score (nSPS) is 14.8. The number of hydrogen-bond acceptors (Lipinski definition) is 9. The lowest BCUT2D eigenvalue weighted by Gasteiger charge is -2.25. The first-order valence-corrected chi connectivity index (χ1v) is 10.3. The summed E-state index contributed by atoms with van der Waals surface area (Å²) >= 11 is 0.